The summed E-state index contributed by atoms with van der Waals surface area (Å²) in [6, 6.07) is 13.6. The van der Waals surface area contributed by atoms with Crippen molar-refractivity contribution >= 4 is 17.5 Å². The molecule has 0 bridgehead atoms. The first-order chi connectivity index (χ1) is 13.6. The lowest BCUT2D eigenvalue weighted by Gasteiger charge is -2.13. The van der Waals surface area contributed by atoms with Gasteiger partial charge in [0, 0.05) is 42.8 Å². The Morgan fingerprint density at radius 2 is 1.75 bits per heavy atom. The largest absolute Gasteiger partial charge is 0.494 e. The van der Waals surface area contributed by atoms with Gasteiger partial charge in [0.15, 0.2) is 0 Å². The Morgan fingerprint density at radius 1 is 1.00 bits per heavy atom. The number of nitrogens with zero attached hydrogens (tertiary/aromatic N) is 4. The molecule has 0 spiro atoms. The molecule has 0 aliphatic rings. The smallest absolute Gasteiger partial charge is 0.225 e. The number of hydrogen-bond donors (Lipinski definition) is 2. The van der Waals surface area contributed by atoms with Crippen LogP contribution in [0.4, 0.5) is 17.5 Å². The van der Waals surface area contributed by atoms with Gasteiger partial charge in [-0.3, -0.25) is 4.98 Å². The number of nitrogens with one attached hydrogen (secondary N) is 2. The van der Waals surface area contributed by atoms with Crippen molar-refractivity contribution in [3.05, 3.63) is 54.9 Å². The Bertz CT molecular complexity index is 868. The van der Waals surface area contributed by atoms with Crippen molar-refractivity contribution < 1.29 is 4.74 Å². The minimum absolute atomic E-state index is 0.588. The molecule has 0 aliphatic carbocycles. The van der Waals surface area contributed by atoms with Crippen LogP contribution in [-0.4, -0.2) is 53.6 Å². The first kappa shape index (κ1) is 19.6. The summed E-state index contributed by atoms with van der Waals surface area (Å²) < 4.78 is 5.50. The van der Waals surface area contributed by atoms with E-state index in [9.17, 15) is 0 Å². The van der Waals surface area contributed by atoms with Crippen LogP contribution in [0.2, 0.25) is 0 Å². The Hall–Kier alpha value is -3.19. The van der Waals surface area contributed by atoms with E-state index < -0.39 is 0 Å². The average molecular weight is 378 g/mol. The summed E-state index contributed by atoms with van der Waals surface area (Å²) in [6.45, 7) is 4.27. The number of likely N-dealkylation sites (N-methyl/N-ethyl adjacent to an activating group) is 1. The molecule has 0 saturated carbocycles. The van der Waals surface area contributed by atoms with Crippen LogP contribution in [-0.2, 0) is 0 Å². The number of anilines is 3. The van der Waals surface area contributed by atoms with Crippen LogP contribution in [0.1, 0.15) is 6.92 Å². The summed E-state index contributed by atoms with van der Waals surface area (Å²) in [6.07, 6.45) is 3.52. The summed E-state index contributed by atoms with van der Waals surface area (Å²) >= 11 is 0. The zero-order valence-electron chi connectivity index (χ0n) is 16.5. The van der Waals surface area contributed by atoms with Gasteiger partial charge in [0.1, 0.15) is 11.6 Å². The Labute approximate surface area is 165 Å². The summed E-state index contributed by atoms with van der Waals surface area (Å²) in [5.41, 5.74) is 2.75. The fourth-order valence-corrected chi connectivity index (χ4v) is 2.60. The average Bonchev–Trinajstić information content (AvgIpc) is 2.70. The highest BCUT2D eigenvalue weighted by molar-refractivity contribution is 5.67. The maximum atomic E-state index is 5.50. The van der Waals surface area contributed by atoms with E-state index >= 15 is 0 Å². The van der Waals surface area contributed by atoms with Gasteiger partial charge >= 0.3 is 0 Å². The Kier molecular flexibility index (Phi) is 6.75. The maximum Gasteiger partial charge on any atom is 0.225 e. The molecule has 1 aromatic carbocycles. The van der Waals surface area contributed by atoms with E-state index in [2.05, 4.69) is 30.5 Å². The van der Waals surface area contributed by atoms with Crippen molar-refractivity contribution in [1.82, 2.24) is 19.9 Å². The number of rotatable bonds is 9. The molecule has 0 atom stereocenters. The van der Waals surface area contributed by atoms with E-state index in [1.165, 1.54) is 0 Å². The monoisotopic (exact) mass is 378 g/mol. The molecule has 2 aromatic heterocycles. The summed E-state index contributed by atoms with van der Waals surface area (Å²) in [4.78, 5) is 15.5. The molecule has 146 valence electrons. The van der Waals surface area contributed by atoms with E-state index in [1.807, 2.05) is 63.5 Å². The van der Waals surface area contributed by atoms with Gasteiger partial charge in [-0.15, -0.1) is 0 Å². The quantitative estimate of drug-likeness (QED) is 0.588. The predicted octanol–water partition coefficient (Wildman–Crippen LogP) is 3.65. The molecule has 0 aliphatic heterocycles. The zero-order valence-corrected chi connectivity index (χ0v) is 16.5. The van der Waals surface area contributed by atoms with Crippen LogP contribution in [0.3, 0.4) is 0 Å². The van der Waals surface area contributed by atoms with Gasteiger partial charge in [0.25, 0.3) is 0 Å². The lowest BCUT2D eigenvalue weighted by molar-refractivity contribution is 0.340. The van der Waals surface area contributed by atoms with Gasteiger partial charge in [-0.05, 0) is 57.4 Å². The molecule has 7 heteroatoms. The summed E-state index contributed by atoms with van der Waals surface area (Å²) in [7, 11) is 4.07. The van der Waals surface area contributed by atoms with Crippen LogP contribution in [0.15, 0.2) is 54.9 Å². The number of aromatic nitrogens is 3. The molecule has 28 heavy (non-hydrogen) atoms. The molecule has 3 aromatic rings. The highest BCUT2D eigenvalue weighted by Gasteiger charge is 2.08. The van der Waals surface area contributed by atoms with Gasteiger partial charge in [0.2, 0.25) is 5.95 Å². The Balaban J connectivity index is 1.83. The topological polar surface area (TPSA) is 75.2 Å². The van der Waals surface area contributed by atoms with Crippen molar-refractivity contribution in [2.24, 2.45) is 0 Å². The molecular weight excluding hydrogens is 352 g/mol. The molecule has 0 amide bonds. The third kappa shape index (κ3) is 5.65. The number of hydrogen-bond acceptors (Lipinski definition) is 7. The standard InChI is InChI=1S/C21H26N6O/c1-4-28-18-7-5-17(6-8-18)24-20-15-19(16-9-11-22-12-10-16)25-21(26-20)23-13-14-27(2)3/h5-12,15H,4,13-14H2,1-3H3,(H2,23,24,25,26). The molecule has 0 saturated heterocycles. The van der Waals surface area contributed by atoms with Crippen LogP contribution < -0.4 is 15.4 Å². The van der Waals surface area contributed by atoms with Gasteiger partial charge in [-0.25, -0.2) is 4.98 Å². The molecule has 3 rings (SSSR count). The highest BCUT2D eigenvalue weighted by Crippen LogP contribution is 2.24. The van der Waals surface area contributed by atoms with Crippen LogP contribution in [0.25, 0.3) is 11.3 Å². The summed E-state index contributed by atoms with van der Waals surface area (Å²) in [5.74, 6) is 2.15. The molecule has 2 N–H and O–H groups in total. The van der Waals surface area contributed by atoms with Gasteiger partial charge in [0.05, 0.1) is 12.3 Å². The normalized spacial score (nSPS) is 10.7. The zero-order chi connectivity index (χ0) is 19.8. The van der Waals surface area contributed by atoms with E-state index in [1.54, 1.807) is 12.4 Å². The molecule has 7 nitrogen and oxygen atoms in total. The molecule has 0 unspecified atom stereocenters. The van der Waals surface area contributed by atoms with Crippen LogP contribution in [0, 0.1) is 0 Å². The molecule has 2 heterocycles. The minimum Gasteiger partial charge on any atom is -0.494 e. The lowest BCUT2D eigenvalue weighted by Crippen LogP contribution is -2.21. The minimum atomic E-state index is 0.588. The Morgan fingerprint density at radius 3 is 2.43 bits per heavy atom. The fourth-order valence-electron chi connectivity index (χ4n) is 2.60. The van der Waals surface area contributed by atoms with Gasteiger partial charge in [-0.1, -0.05) is 0 Å². The van der Waals surface area contributed by atoms with Gasteiger partial charge in [-0.2, -0.15) is 4.98 Å². The fraction of sp³-hybridized carbons (Fsp3) is 0.286. The molecule has 0 fully saturated rings. The van der Waals surface area contributed by atoms with Crippen molar-refractivity contribution in [3.63, 3.8) is 0 Å². The van der Waals surface area contributed by atoms with E-state index in [0.29, 0.717) is 12.6 Å². The summed E-state index contributed by atoms with van der Waals surface area (Å²) in [5, 5.41) is 6.65. The SMILES string of the molecule is CCOc1ccc(Nc2cc(-c3ccncc3)nc(NCCN(C)C)n2)cc1. The van der Waals surface area contributed by atoms with Crippen molar-refractivity contribution in [2.45, 2.75) is 6.92 Å². The highest BCUT2D eigenvalue weighted by atomic mass is 16.5. The van der Waals surface area contributed by atoms with E-state index in [0.717, 1.165) is 41.6 Å². The van der Waals surface area contributed by atoms with E-state index in [4.69, 9.17) is 4.74 Å². The third-order valence-electron chi connectivity index (χ3n) is 3.98. The van der Waals surface area contributed by atoms with Crippen molar-refractivity contribution in [3.8, 4) is 17.0 Å². The second kappa shape index (κ2) is 9.66. The van der Waals surface area contributed by atoms with Crippen LogP contribution in [0.5, 0.6) is 5.75 Å². The molecule has 0 radical (unpaired) electrons. The lowest BCUT2D eigenvalue weighted by atomic mass is 10.2. The second-order valence-electron chi connectivity index (χ2n) is 6.51. The third-order valence-corrected chi connectivity index (χ3v) is 3.98. The van der Waals surface area contributed by atoms with Gasteiger partial charge < -0.3 is 20.3 Å². The molecular formula is C21H26N6O. The number of pyridine rings is 1. The first-order valence-electron chi connectivity index (χ1n) is 9.32. The first-order valence-corrected chi connectivity index (χ1v) is 9.32. The number of ether oxygens (including phenoxy) is 1. The van der Waals surface area contributed by atoms with Crippen LogP contribution >= 0.6 is 0 Å². The maximum absolute atomic E-state index is 5.50. The van der Waals surface area contributed by atoms with E-state index in [-0.39, 0.29) is 0 Å². The predicted molar refractivity (Wildman–Crippen MR) is 113 cm³/mol. The van der Waals surface area contributed by atoms with Crippen molar-refractivity contribution in [2.75, 3.05) is 44.4 Å². The second-order valence-corrected chi connectivity index (χ2v) is 6.51. The number of benzene rings is 1. The van der Waals surface area contributed by atoms with Crippen molar-refractivity contribution in [1.29, 1.82) is 0 Å².